The van der Waals surface area contributed by atoms with Crippen LogP contribution >= 0.6 is 0 Å². The summed E-state index contributed by atoms with van der Waals surface area (Å²) < 4.78 is 4.73. The Labute approximate surface area is 73.0 Å². The molecule has 0 aliphatic rings. The molecular formula is C9H16O3. The van der Waals surface area contributed by atoms with Gasteiger partial charge >= 0.3 is 5.97 Å². The van der Waals surface area contributed by atoms with Crippen LogP contribution in [0.3, 0.4) is 0 Å². The van der Waals surface area contributed by atoms with Crippen molar-refractivity contribution in [3.8, 4) is 0 Å². The normalized spacial score (nSPS) is 12.2. The molecule has 0 aromatic heterocycles. The van der Waals surface area contributed by atoms with Gasteiger partial charge in [0.05, 0.1) is 6.10 Å². The fourth-order valence-corrected chi connectivity index (χ4v) is 0.702. The zero-order valence-electron chi connectivity index (χ0n) is 7.67. The van der Waals surface area contributed by atoms with E-state index in [2.05, 4.69) is 6.58 Å². The van der Waals surface area contributed by atoms with Crippen molar-refractivity contribution < 1.29 is 14.6 Å². The van der Waals surface area contributed by atoms with E-state index in [0.29, 0.717) is 12.0 Å². The second-order valence-corrected chi connectivity index (χ2v) is 2.80. The lowest BCUT2D eigenvalue weighted by molar-refractivity contribution is -0.141. The predicted molar refractivity (Wildman–Crippen MR) is 46.7 cm³/mol. The summed E-state index contributed by atoms with van der Waals surface area (Å²) >= 11 is 0. The van der Waals surface area contributed by atoms with Crippen LogP contribution < -0.4 is 0 Å². The molecule has 70 valence electrons. The highest BCUT2D eigenvalue weighted by Crippen LogP contribution is 2.03. The highest BCUT2D eigenvalue weighted by atomic mass is 16.5. The number of hydrogen-bond donors (Lipinski definition) is 1. The quantitative estimate of drug-likeness (QED) is 0.501. The molecule has 0 radical (unpaired) electrons. The third-order valence-corrected chi connectivity index (χ3v) is 1.30. The molecule has 0 heterocycles. The Morgan fingerprint density at radius 1 is 1.67 bits per heavy atom. The van der Waals surface area contributed by atoms with E-state index in [1.54, 1.807) is 6.92 Å². The first-order valence-corrected chi connectivity index (χ1v) is 4.10. The number of rotatable bonds is 5. The van der Waals surface area contributed by atoms with Gasteiger partial charge < -0.3 is 9.84 Å². The van der Waals surface area contributed by atoms with Crippen LogP contribution in [0.4, 0.5) is 0 Å². The third kappa shape index (κ3) is 4.91. The van der Waals surface area contributed by atoms with Gasteiger partial charge in [0, 0.05) is 5.57 Å². The Morgan fingerprint density at radius 3 is 2.67 bits per heavy atom. The molecule has 0 saturated heterocycles. The van der Waals surface area contributed by atoms with E-state index in [-0.39, 0.29) is 6.61 Å². The molecule has 3 heteroatoms. The average Bonchev–Trinajstić information content (AvgIpc) is 2.00. The zero-order chi connectivity index (χ0) is 9.56. The number of esters is 1. The van der Waals surface area contributed by atoms with Gasteiger partial charge in [-0.1, -0.05) is 19.9 Å². The Hall–Kier alpha value is -0.830. The maximum Gasteiger partial charge on any atom is 0.333 e. The van der Waals surface area contributed by atoms with Crippen LogP contribution in [0, 0.1) is 0 Å². The summed E-state index contributed by atoms with van der Waals surface area (Å²) in [5.74, 6) is -0.405. The van der Waals surface area contributed by atoms with Gasteiger partial charge in [-0.2, -0.15) is 0 Å². The van der Waals surface area contributed by atoms with Crippen LogP contribution in [0.2, 0.25) is 0 Å². The summed E-state index contributed by atoms with van der Waals surface area (Å²) in [4.78, 5) is 11.0. The lowest BCUT2D eigenvalue weighted by Crippen LogP contribution is -2.16. The van der Waals surface area contributed by atoms with Crippen molar-refractivity contribution >= 4 is 5.97 Å². The maximum absolute atomic E-state index is 11.0. The Morgan fingerprint density at radius 2 is 2.25 bits per heavy atom. The topological polar surface area (TPSA) is 46.5 Å². The molecule has 1 atom stereocenters. The van der Waals surface area contributed by atoms with E-state index in [1.807, 2.05) is 6.92 Å². The molecule has 0 spiro atoms. The van der Waals surface area contributed by atoms with Gasteiger partial charge in [0.15, 0.2) is 0 Å². The molecule has 1 N–H and O–H groups in total. The van der Waals surface area contributed by atoms with Crippen molar-refractivity contribution in [2.24, 2.45) is 0 Å². The summed E-state index contributed by atoms with van der Waals surface area (Å²) in [5, 5.41) is 8.81. The van der Waals surface area contributed by atoms with E-state index >= 15 is 0 Å². The Kier molecular flexibility index (Phi) is 5.37. The minimum absolute atomic E-state index is 0.0432. The van der Waals surface area contributed by atoms with Crippen LogP contribution in [0.5, 0.6) is 0 Å². The second kappa shape index (κ2) is 5.77. The molecule has 0 aliphatic carbocycles. The van der Waals surface area contributed by atoms with Crippen molar-refractivity contribution in [1.82, 2.24) is 0 Å². The lowest BCUT2D eigenvalue weighted by Gasteiger charge is -2.07. The molecule has 0 aromatic carbocycles. The minimum Gasteiger partial charge on any atom is -0.460 e. The van der Waals surface area contributed by atoms with Crippen LogP contribution in [-0.4, -0.2) is 23.8 Å². The van der Waals surface area contributed by atoms with Gasteiger partial charge in [-0.3, -0.25) is 0 Å². The first kappa shape index (κ1) is 11.2. The number of carbonyl (C=O) groups excluding carboxylic acids is 1. The molecule has 3 nitrogen and oxygen atoms in total. The minimum atomic E-state index is -0.608. The summed E-state index contributed by atoms with van der Waals surface area (Å²) in [6, 6.07) is 0. The molecule has 12 heavy (non-hydrogen) atoms. The van der Waals surface area contributed by atoms with Gasteiger partial charge in [-0.25, -0.2) is 4.79 Å². The predicted octanol–water partition coefficient (Wildman–Crippen LogP) is 1.27. The van der Waals surface area contributed by atoms with Crippen molar-refractivity contribution in [1.29, 1.82) is 0 Å². The molecule has 0 rings (SSSR count). The highest BCUT2D eigenvalue weighted by molar-refractivity contribution is 5.87. The van der Waals surface area contributed by atoms with E-state index in [4.69, 9.17) is 9.84 Å². The van der Waals surface area contributed by atoms with Gasteiger partial charge in [0.2, 0.25) is 0 Å². The summed E-state index contributed by atoms with van der Waals surface area (Å²) in [6.07, 6.45) is 0.921. The van der Waals surface area contributed by atoms with E-state index in [0.717, 1.165) is 6.42 Å². The molecule has 0 amide bonds. The van der Waals surface area contributed by atoms with Crippen molar-refractivity contribution in [3.05, 3.63) is 12.2 Å². The number of carbonyl (C=O) groups is 1. The van der Waals surface area contributed by atoms with Crippen LogP contribution in [0.1, 0.15) is 26.7 Å². The number of ether oxygens (including phenoxy) is 1. The lowest BCUT2D eigenvalue weighted by atomic mass is 10.2. The SMILES string of the molecule is C=C(CCC)C(=O)OCC(C)O. The Balaban J connectivity index is 3.65. The molecule has 0 aliphatic heterocycles. The second-order valence-electron chi connectivity index (χ2n) is 2.80. The monoisotopic (exact) mass is 172 g/mol. The molecule has 0 bridgehead atoms. The highest BCUT2D eigenvalue weighted by Gasteiger charge is 2.07. The fourth-order valence-electron chi connectivity index (χ4n) is 0.702. The summed E-state index contributed by atoms with van der Waals surface area (Å²) in [6.45, 7) is 7.14. The Bertz CT molecular complexity index is 161. The van der Waals surface area contributed by atoms with Gasteiger partial charge in [0.1, 0.15) is 6.61 Å². The van der Waals surface area contributed by atoms with Crippen LogP contribution in [-0.2, 0) is 9.53 Å². The zero-order valence-corrected chi connectivity index (χ0v) is 7.67. The van der Waals surface area contributed by atoms with E-state index < -0.39 is 12.1 Å². The van der Waals surface area contributed by atoms with Crippen LogP contribution in [0.25, 0.3) is 0 Å². The van der Waals surface area contributed by atoms with Gasteiger partial charge in [0.25, 0.3) is 0 Å². The van der Waals surface area contributed by atoms with E-state index in [1.165, 1.54) is 0 Å². The third-order valence-electron chi connectivity index (χ3n) is 1.30. The number of aliphatic hydroxyl groups is 1. The summed E-state index contributed by atoms with van der Waals surface area (Å²) in [7, 11) is 0. The summed E-state index contributed by atoms with van der Waals surface area (Å²) in [5.41, 5.74) is 0.471. The molecule has 0 fully saturated rings. The first-order chi connectivity index (χ1) is 5.57. The standard InChI is InChI=1S/C9H16O3/c1-4-5-7(2)9(11)12-6-8(3)10/h8,10H,2,4-6H2,1,3H3. The van der Waals surface area contributed by atoms with Crippen molar-refractivity contribution in [2.45, 2.75) is 32.8 Å². The smallest absolute Gasteiger partial charge is 0.333 e. The van der Waals surface area contributed by atoms with Gasteiger partial charge in [-0.05, 0) is 13.3 Å². The average molecular weight is 172 g/mol. The van der Waals surface area contributed by atoms with E-state index in [9.17, 15) is 4.79 Å². The first-order valence-electron chi connectivity index (χ1n) is 4.10. The molecule has 0 saturated carbocycles. The fraction of sp³-hybridized carbons (Fsp3) is 0.667. The largest absolute Gasteiger partial charge is 0.460 e. The molecule has 0 aromatic rings. The maximum atomic E-state index is 11.0. The van der Waals surface area contributed by atoms with Crippen molar-refractivity contribution in [3.63, 3.8) is 0 Å². The van der Waals surface area contributed by atoms with Gasteiger partial charge in [-0.15, -0.1) is 0 Å². The number of hydrogen-bond acceptors (Lipinski definition) is 3. The molecule has 1 unspecified atom stereocenters. The van der Waals surface area contributed by atoms with Crippen molar-refractivity contribution in [2.75, 3.05) is 6.61 Å². The molecular weight excluding hydrogens is 156 g/mol. The van der Waals surface area contributed by atoms with Crippen LogP contribution in [0.15, 0.2) is 12.2 Å². The number of aliphatic hydroxyl groups excluding tert-OH is 1.